The van der Waals surface area contributed by atoms with Crippen molar-refractivity contribution < 1.29 is 19.1 Å². The third kappa shape index (κ3) is 5.28. The summed E-state index contributed by atoms with van der Waals surface area (Å²) in [5.41, 5.74) is 0.262. The summed E-state index contributed by atoms with van der Waals surface area (Å²) in [6.45, 7) is 3.53. The lowest BCUT2D eigenvalue weighted by Crippen LogP contribution is -2.09. The van der Waals surface area contributed by atoms with E-state index in [2.05, 4.69) is 16.6 Å². The summed E-state index contributed by atoms with van der Waals surface area (Å²) in [7, 11) is 1.32. The lowest BCUT2D eigenvalue weighted by molar-refractivity contribution is -0.147. The zero-order chi connectivity index (χ0) is 15.0. The van der Waals surface area contributed by atoms with Gasteiger partial charge in [-0.3, -0.25) is 4.79 Å². The summed E-state index contributed by atoms with van der Waals surface area (Å²) in [4.78, 5) is 26.8. The number of hydrogen-bond acceptors (Lipinski definition) is 6. The van der Waals surface area contributed by atoms with E-state index >= 15 is 0 Å². The molecule has 0 spiro atoms. The van der Waals surface area contributed by atoms with Gasteiger partial charge in [-0.1, -0.05) is 26.2 Å². The largest absolute Gasteiger partial charge is 0.464 e. The Kier molecular flexibility index (Phi) is 7.22. The molecule has 0 saturated heterocycles. The smallest absolute Gasteiger partial charge is 0.357 e. The highest BCUT2D eigenvalue weighted by Gasteiger charge is 2.20. The molecule has 1 heterocycles. The topological polar surface area (TPSA) is 65.5 Å². The van der Waals surface area contributed by atoms with Crippen molar-refractivity contribution in [3.8, 4) is 0 Å². The molecular formula is C14H21NO4S. The highest BCUT2D eigenvalue weighted by molar-refractivity contribution is 7.09. The van der Waals surface area contributed by atoms with Crippen molar-refractivity contribution in [3.05, 3.63) is 16.1 Å². The van der Waals surface area contributed by atoms with Crippen molar-refractivity contribution in [2.45, 2.75) is 52.1 Å². The van der Waals surface area contributed by atoms with E-state index in [0.29, 0.717) is 5.01 Å². The summed E-state index contributed by atoms with van der Waals surface area (Å²) in [5, 5.41) is 2.28. The highest BCUT2D eigenvalue weighted by atomic mass is 32.1. The number of aromatic nitrogens is 1. The minimum absolute atomic E-state index is 0.262. The molecule has 0 N–H and O–H groups in total. The van der Waals surface area contributed by atoms with Crippen molar-refractivity contribution in [2.75, 3.05) is 7.11 Å². The minimum Gasteiger partial charge on any atom is -0.464 e. The molecule has 0 aliphatic carbocycles. The Hall–Kier alpha value is -1.43. The maximum Gasteiger partial charge on any atom is 0.357 e. The van der Waals surface area contributed by atoms with Crippen LogP contribution in [0, 0.1) is 0 Å². The lowest BCUT2D eigenvalue weighted by Gasteiger charge is -2.14. The number of unbranched alkanes of at least 4 members (excludes halogenated alkanes) is 3. The van der Waals surface area contributed by atoms with E-state index in [1.807, 2.05) is 0 Å². The Morgan fingerprint density at radius 1 is 1.35 bits per heavy atom. The van der Waals surface area contributed by atoms with E-state index in [-0.39, 0.29) is 17.8 Å². The molecule has 6 heteroatoms. The Bertz CT molecular complexity index is 444. The van der Waals surface area contributed by atoms with Gasteiger partial charge in [0.2, 0.25) is 0 Å². The number of carbonyl (C=O) groups is 2. The maximum absolute atomic E-state index is 11.4. The van der Waals surface area contributed by atoms with Crippen molar-refractivity contribution in [1.29, 1.82) is 0 Å². The number of ether oxygens (including phenoxy) is 2. The van der Waals surface area contributed by atoms with Crippen LogP contribution >= 0.6 is 11.3 Å². The Morgan fingerprint density at radius 3 is 2.70 bits per heavy atom. The number of esters is 2. The van der Waals surface area contributed by atoms with Gasteiger partial charge < -0.3 is 9.47 Å². The fraction of sp³-hybridized carbons (Fsp3) is 0.643. The van der Waals surface area contributed by atoms with Gasteiger partial charge in [0.15, 0.2) is 11.8 Å². The predicted molar refractivity (Wildman–Crippen MR) is 76.7 cm³/mol. The summed E-state index contributed by atoms with van der Waals surface area (Å²) >= 11 is 1.32. The second-order valence-corrected chi connectivity index (χ2v) is 5.40. The average Bonchev–Trinajstić information content (AvgIpc) is 2.90. The van der Waals surface area contributed by atoms with Crippen molar-refractivity contribution in [2.24, 2.45) is 0 Å². The van der Waals surface area contributed by atoms with Crippen molar-refractivity contribution in [1.82, 2.24) is 4.98 Å². The second-order valence-electron chi connectivity index (χ2n) is 4.51. The van der Waals surface area contributed by atoms with Crippen LogP contribution in [0.25, 0.3) is 0 Å². The SMILES string of the molecule is CCCCCCC(OC(C)=O)c1nc(C(=O)OC)cs1. The third-order valence-corrected chi connectivity index (χ3v) is 3.76. The first-order valence-corrected chi connectivity index (χ1v) is 7.67. The molecule has 20 heavy (non-hydrogen) atoms. The molecule has 0 fully saturated rings. The van der Waals surface area contributed by atoms with Crippen LogP contribution in [-0.4, -0.2) is 24.0 Å². The van der Waals surface area contributed by atoms with E-state index in [4.69, 9.17) is 4.74 Å². The van der Waals surface area contributed by atoms with Gasteiger partial charge in [-0.05, 0) is 12.8 Å². The third-order valence-electron chi connectivity index (χ3n) is 2.82. The zero-order valence-corrected chi connectivity index (χ0v) is 13.0. The molecule has 0 amide bonds. The maximum atomic E-state index is 11.4. The number of nitrogens with zero attached hydrogens (tertiary/aromatic N) is 1. The van der Waals surface area contributed by atoms with Crippen LogP contribution in [-0.2, 0) is 14.3 Å². The van der Waals surface area contributed by atoms with Crippen LogP contribution in [0.1, 0.15) is 67.6 Å². The van der Waals surface area contributed by atoms with Gasteiger partial charge in [0.1, 0.15) is 5.01 Å². The molecule has 0 aromatic carbocycles. The minimum atomic E-state index is -0.472. The molecule has 1 rings (SSSR count). The van der Waals surface area contributed by atoms with Gasteiger partial charge in [0.25, 0.3) is 0 Å². The molecule has 0 aliphatic rings. The number of hydrogen-bond donors (Lipinski definition) is 0. The van der Waals surface area contributed by atoms with Crippen LogP contribution in [0.3, 0.4) is 0 Å². The molecule has 0 aliphatic heterocycles. The molecular weight excluding hydrogens is 278 g/mol. The monoisotopic (exact) mass is 299 g/mol. The van der Waals surface area contributed by atoms with E-state index < -0.39 is 5.97 Å². The Morgan fingerprint density at radius 2 is 2.10 bits per heavy atom. The molecule has 0 radical (unpaired) electrons. The lowest BCUT2D eigenvalue weighted by atomic mass is 10.1. The van der Waals surface area contributed by atoms with Gasteiger partial charge >= 0.3 is 11.9 Å². The van der Waals surface area contributed by atoms with Crippen LogP contribution in [0.2, 0.25) is 0 Å². The predicted octanol–water partition coefficient (Wildman–Crippen LogP) is 3.50. The van der Waals surface area contributed by atoms with Crippen LogP contribution in [0.5, 0.6) is 0 Å². The Balaban J connectivity index is 2.68. The summed E-state index contributed by atoms with van der Waals surface area (Å²) in [6.07, 6.45) is 4.75. The normalized spacial score (nSPS) is 11.9. The summed E-state index contributed by atoms with van der Waals surface area (Å²) in [6, 6.07) is 0. The van der Waals surface area contributed by atoms with E-state index in [1.165, 1.54) is 25.4 Å². The number of rotatable bonds is 8. The average molecular weight is 299 g/mol. The molecule has 1 aromatic heterocycles. The highest BCUT2D eigenvalue weighted by Crippen LogP contribution is 2.27. The fourth-order valence-corrected chi connectivity index (χ4v) is 2.67. The molecule has 0 saturated carbocycles. The summed E-state index contributed by atoms with van der Waals surface area (Å²) < 4.78 is 9.92. The first-order valence-electron chi connectivity index (χ1n) is 6.79. The fourth-order valence-electron chi connectivity index (χ4n) is 1.82. The van der Waals surface area contributed by atoms with Crippen LogP contribution in [0.15, 0.2) is 5.38 Å². The molecule has 1 atom stereocenters. The van der Waals surface area contributed by atoms with Crippen molar-refractivity contribution >= 4 is 23.3 Å². The van der Waals surface area contributed by atoms with Gasteiger partial charge in [0, 0.05) is 12.3 Å². The standard InChI is InChI=1S/C14H21NO4S/c1-4-5-6-7-8-12(19-10(2)16)13-15-11(9-20-13)14(17)18-3/h9,12H,4-8H2,1-3H3. The summed E-state index contributed by atoms with van der Waals surface area (Å²) in [5.74, 6) is -0.805. The van der Waals surface area contributed by atoms with Crippen molar-refractivity contribution in [3.63, 3.8) is 0 Å². The second kappa shape index (κ2) is 8.68. The van der Waals surface area contributed by atoms with Crippen LogP contribution in [0.4, 0.5) is 0 Å². The van der Waals surface area contributed by atoms with Gasteiger partial charge in [-0.2, -0.15) is 0 Å². The molecule has 0 bridgehead atoms. The quantitative estimate of drug-likeness (QED) is 0.543. The Labute approximate surface area is 123 Å². The first kappa shape index (κ1) is 16.6. The number of thiazole rings is 1. The molecule has 1 unspecified atom stereocenters. The first-order chi connectivity index (χ1) is 9.58. The number of methoxy groups -OCH3 is 1. The molecule has 112 valence electrons. The van der Waals surface area contributed by atoms with Crippen LogP contribution < -0.4 is 0 Å². The van der Waals surface area contributed by atoms with Gasteiger partial charge in [-0.25, -0.2) is 9.78 Å². The van der Waals surface area contributed by atoms with E-state index in [9.17, 15) is 9.59 Å². The zero-order valence-electron chi connectivity index (χ0n) is 12.2. The number of carbonyl (C=O) groups excluding carboxylic acids is 2. The molecule has 1 aromatic rings. The van der Waals surface area contributed by atoms with Gasteiger partial charge in [-0.15, -0.1) is 11.3 Å². The van der Waals surface area contributed by atoms with Gasteiger partial charge in [0.05, 0.1) is 7.11 Å². The van der Waals surface area contributed by atoms with E-state index in [1.54, 1.807) is 5.38 Å². The van der Waals surface area contributed by atoms with E-state index in [0.717, 1.165) is 32.1 Å². The molecule has 5 nitrogen and oxygen atoms in total.